The summed E-state index contributed by atoms with van der Waals surface area (Å²) >= 11 is 1.93. The number of hydrogen-bond acceptors (Lipinski definition) is 5. The SMILES string of the molecule is COC(COc1cccc2c1SCCC2)CN1CCN(c2ccccc2)CC1. The quantitative estimate of drug-likeness (QED) is 0.703. The first-order valence-electron chi connectivity index (χ1n) is 10.3. The molecule has 0 aromatic heterocycles. The van der Waals surface area contributed by atoms with Crippen molar-refractivity contribution in [3.8, 4) is 5.75 Å². The molecule has 1 unspecified atom stereocenters. The van der Waals surface area contributed by atoms with Crippen LogP contribution in [0.3, 0.4) is 0 Å². The number of benzene rings is 2. The minimum absolute atomic E-state index is 0.0905. The molecule has 150 valence electrons. The van der Waals surface area contributed by atoms with Crippen molar-refractivity contribution in [3.05, 3.63) is 54.1 Å². The van der Waals surface area contributed by atoms with Gasteiger partial charge in [-0.2, -0.15) is 0 Å². The number of thioether (sulfide) groups is 1. The molecule has 2 aliphatic heterocycles. The molecule has 1 fully saturated rings. The lowest BCUT2D eigenvalue weighted by Crippen LogP contribution is -2.49. The topological polar surface area (TPSA) is 24.9 Å². The van der Waals surface area contributed by atoms with Crippen LogP contribution in [0.25, 0.3) is 0 Å². The summed E-state index contributed by atoms with van der Waals surface area (Å²) in [5.74, 6) is 2.21. The van der Waals surface area contributed by atoms with Crippen molar-refractivity contribution in [2.45, 2.75) is 23.8 Å². The summed E-state index contributed by atoms with van der Waals surface area (Å²) in [6.07, 6.45) is 2.52. The Morgan fingerprint density at radius 1 is 1.00 bits per heavy atom. The van der Waals surface area contributed by atoms with Crippen LogP contribution in [0.4, 0.5) is 5.69 Å². The molecule has 0 N–H and O–H groups in total. The largest absolute Gasteiger partial charge is 0.490 e. The Morgan fingerprint density at radius 3 is 2.61 bits per heavy atom. The van der Waals surface area contributed by atoms with Gasteiger partial charge in [0.05, 0.1) is 4.90 Å². The summed E-state index contributed by atoms with van der Waals surface area (Å²) < 4.78 is 11.9. The number of methoxy groups -OCH3 is 1. The molecule has 2 aromatic carbocycles. The van der Waals surface area contributed by atoms with Crippen LogP contribution in [-0.4, -0.2) is 63.2 Å². The summed E-state index contributed by atoms with van der Waals surface area (Å²) in [7, 11) is 1.80. The van der Waals surface area contributed by atoms with Gasteiger partial charge >= 0.3 is 0 Å². The lowest BCUT2D eigenvalue weighted by molar-refractivity contribution is 0.0274. The summed E-state index contributed by atoms with van der Waals surface area (Å²) in [6, 6.07) is 17.1. The fourth-order valence-corrected chi connectivity index (χ4v) is 5.08. The third kappa shape index (κ3) is 4.83. The second kappa shape index (κ2) is 9.68. The summed E-state index contributed by atoms with van der Waals surface area (Å²) in [5, 5.41) is 0. The van der Waals surface area contributed by atoms with Crippen molar-refractivity contribution in [2.75, 3.05) is 57.1 Å². The molecule has 2 heterocycles. The van der Waals surface area contributed by atoms with E-state index in [0.29, 0.717) is 6.61 Å². The number of rotatable bonds is 7. The highest BCUT2D eigenvalue weighted by molar-refractivity contribution is 7.99. The lowest BCUT2D eigenvalue weighted by atomic mass is 10.1. The molecule has 0 spiro atoms. The Labute approximate surface area is 172 Å². The van der Waals surface area contributed by atoms with Crippen LogP contribution in [0.5, 0.6) is 5.75 Å². The molecule has 0 saturated carbocycles. The zero-order valence-corrected chi connectivity index (χ0v) is 17.5. The first-order chi connectivity index (χ1) is 13.8. The second-order valence-electron chi connectivity index (χ2n) is 7.49. The maximum Gasteiger partial charge on any atom is 0.133 e. The zero-order valence-electron chi connectivity index (χ0n) is 16.7. The number of para-hydroxylation sites is 1. The number of aryl methyl sites for hydroxylation is 1. The predicted molar refractivity (Wildman–Crippen MR) is 117 cm³/mol. The molecule has 2 aliphatic rings. The third-order valence-electron chi connectivity index (χ3n) is 5.61. The highest BCUT2D eigenvalue weighted by atomic mass is 32.2. The van der Waals surface area contributed by atoms with Crippen LogP contribution in [0.2, 0.25) is 0 Å². The molecule has 4 nitrogen and oxygen atoms in total. The van der Waals surface area contributed by atoms with Crippen molar-refractivity contribution in [2.24, 2.45) is 0 Å². The van der Waals surface area contributed by atoms with Crippen LogP contribution >= 0.6 is 11.8 Å². The van der Waals surface area contributed by atoms with E-state index < -0.39 is 0 Å². The summed E-state index contributed by atoms with van der Waals surface area (Å²) in [5.41, 5.74) is 2.75. The molecule has 5 heteroatoms. The summed E-state index contributed by atoms with van der Waals surface area (Å²) in [6.45, 7) is 5.76. The Balaban J connectivity index is 1.28. The van der Waals surface area contributed by atoms with Gasteiger partial charge in [-0.25, -0.2) is 0 Å². The molecule has 0 amide bonds. The van der Waals surface area contributed by atoms with Gasteiger partial charge in [-0.1, -0.05) is 30.3 Å². The normalized spacial score (nSPS) is 18.5. The Hall–Kier alpha value is -1.69. The van der Waals surface area contributed by atoms with Crippen molar-refractivity contribution >= 4 is 17.4 Å². The van der Waals surface area contributed by atoms with Crippen LogP contribution in [-0.2, 0) is 11.2 Å². The number of nitrogens with zero attached hydrogens (tertiary/aromatic N) is 2. The van der Waals surface area contributed by atoms with Crippen LogP contribution in [0.15, 0.2) is 53.4 Å². The molecule has 0 radical (unpaired) electrons. The molecular formula is C23H30N2O2S. The Morgan fingerprint density at radius 2 is 1.82 bits per heavy atom. The number of anilines is 1. The average Bonchev–Trinajstić information content (AvgIpc) is 2.77. The first kappa shape index (κ1) is 19.6. The van der Waals surface area contributed by atoms with Gasteiger partial charge in [0.15, 0.2) is 0 Å². The van der Waals surface area contributed by atoms with E-state index in [-0.39, 0.29) is 6.10 Å². The van der Waals surface area contributed by atoms with Crippen molar-refractivity contribution in [3.63, 3.8) is 0 Å². The second-order valence-corrected chi connectivity index (χ2v) is 8.59. The van der Waals surface area contributed by atoms with Gasteiger partial charge in [0, 0.05) is 45.5 Å². The van der Waals surface area contributed by atoms with Gasteiger partial charge in [0.2, 0.25) is 0 Å². The molecule has 4 rings (SSSR count). The van der Waals surface area contributed by atoms with Gasteiger partial charge in [0.1, 0.15) is 18.5 Å². The minimum Gasteiger partial charge on any atom is -0.490 e. The fraction of sp³-hybridized carbons (Fsp3) is 0.478. The van der Waals surface area contributed by atoms with Crippen LogP contribution < -0.4 is 9.64 Å². The van der Waals surface area contributed by atoms with E-state index in [4.69, 9.17) is 9.47 Å². The molecular weight excluding hydrogens is 368 g/mol. The molecule has 28 heavy (non-hydrogen) atoms. The van der Waals surface area contributed by atoms with E-state index >= 15 is 0 Å². The monoisotopic (exact) mass is 398 g/mol. The highest BCUT2D eigenvalue weighted by Crippen LogP contribution is 2.37. The highest BCUT2D eigenvalue weighted by Gasteiger charge is 2.21. The third-order valence-corrected chi connectivity index (χ3v) is 6.86. The minimum atomic E-state index is 0.0905. The Bertz CT molecular complexity index is 748. The molecule has 0 bridgehead atoms. The average molecular weight is 399 g/mol. The number of piperazine rings is 1. The van der Waals surface area contributed by atoms with E-state index in [0.717, 1.165) is 38.5 Å². The number of fused-ring (bicyclic) bond motifs is 1. The van der Waals surface area contributed by atoms with Gasteiger partial charge in [-0.15, -0.1) is 11.8 Å². The molecule has 2 aromatic rings. The lowest BCUT2D eigenvalue weighted by Gasteiger charge is -2.37. The van der Waals surface area contributed by atoms with Gasteiger partial charge in [-0.3, -0.25) is 4.90 Å². The smallest absolute Gasteiger partial charge is 0.133 e. The van der Waals surface area contributed by atoms with Gasteiger partial charge in [-0.05, 0) is 42.4 Å². The van der Waals surface area contributed by atoms with E-state index in [2.05, 4.69) is 58.3 Å². The molecule has 1 saturated heterocycles. The van der Waals surface area contributed by atoms with Gasteiger partial charge in [0.25, 0.3) is 0 Å². The number of hydrogen-bond donors (Lipinski definition) is 0. The molecule has 1 atom stereocenters. The van der Waals surface area contributed by atoms with Gasteiger partial charge < -0.3 is 14.4 Å². The molecule has 0 aliphatic carbocycles. The van der Waals surface area contributed by atoms with E-state index in [1.165, 1.54) is 34.7 Å². The maximum atomic E-state index is 6.21. The maximum absolute atomic E-state index is 6.21. The van der Waals surface area contributed by atoms with E-state index in [1.807, 2.05) is 11.8 Å². The van der Waals surface area contributed by atoms with Crippen molar-refractivity contribution in [1.29, 1.82) is 0 Å². The van der Waals surface area contributed by atoms with Crippen LogP contribution in [0.1, 0.15) is 12.0 Å². The van der Waals surface area contributed by atoms with Crippen LogP contribution in [0, 0.1) is 0 Å². The standard InChI is InChI=1S/C23H30N2O2S/c1-26-21(18-27-22-11-5-7-19-8-6-16-28-23(19)22)17-24-12-14-25(15-13-24)20-9-3-2-4-10-20/h2-5,7,9-11,21H,6,8,12-18H2,1H3. The fourth-order valence-electron chi connectivity index (χ4n) is 3.97. The van der Waals surface area contributed by atoms with E-state index in [1.54, 1.807) is 7.11 Å². The van der Waals surface area contributed by atoms with Crippen molar-refractivity contribution < 1.29 is 9.47 Å². The predicted octanol–water partition coefficient (Wildman–Crippen LogP) is 3.94. The van der Waals surface area contributed by atoms with Crippen molar-refractivity contribution in [1.82, 2.24) is 4.90 Å². The number of ether oxygens (including phenoxy) is 2. The summed E-state index contributed by atoms with van der Waals surface area (Å²) in [4.78, 5) is 6.29. The van der Waals surface area contributed by atoms with E-state index in [9.17, 15) is 0 Å². The Kier molecular flexibility index (Phi) is 6.78. The zero-order chi connectivity index (χ0) is 19.2. The first-order valence-corrected chi connectivity index (χ1v) is 11.2.